The van der Waals surface area contributed by atoms with Gasteiger partial charge in [-0.25, -0.2) is 0 Å². The van der Waals surface area contributed by atoms with E-state index in [1.54, 1.807) is 0 Å². The highest BCUT2D eigenvalue weighted by molar-refractivity contribution is 5.53. The first-order valence-corrected chi connectivity index (χ1v) is 7.04. The van der Waals surface area contributed by atoms with Gasteiger partial charge in [0.1, 0.15) is 0 Å². The summed E-state index contributed by atoms with van der Waals surface area (Å²) >= 11 is 0. The van der Waals surface area contributed by atoms with Crippen molar-refractivity contribution in [3.05, 3.63) is 53.9 Å². The highest BCUT2D eigenvalue weighted by Gasteiger charge is 2.33. The Labute approximate surface area is 114 Å². The molecule has 98 valence electrons. The summed E-state index contributed by atoms with van der Waals surface area (Å²) in [5.74, 6) is 0. The van der Waals surface area contributed by atoms with Crippen molar-refractivity contribution >= 4 is 0 Å². The van der Waals surface area contributed by atoms with Crippen LogP contribution in [0.25, 0.3) is 5.69 Å². The van der Waals surface area contributed by atoms with Crippen LogP contribution in [0.5, 0.6) is 0 Å². The van der Waals surface area contributed by atoms with Crippen molar-refractivity contribution in [1.29, 1.82) is 0 Å². The van der Waals surface area contributed by atoms with Crippen molar-refractivity contribution in [2.45, 2.75) is 6.04 Å². The standard InChI is InChI=1S/C16H19N3/c1-17-9-11-18(12-10-17)16-13-5-2-3-6-14(13)19-8-4-7-15(16)19/h2-8,16H,9-12H2,1H3. The Morgan fingerprint density at radius 2 is 1.74 bits per heavy atom. The number of hydrogen-bond acceptors (Lipinski definition) is 2. The minimum Gasteiger partial charge on any atom is -0.319 e. The maximum absolute atomic E-state index is 2.62. The van der Waals surface area contributed by atoms with Gasteiger partial charge >= 0.3 is 0 Å². The molecule has 3 heteroatoms. The number of aromatic nitrogens is 1. The SMILES string of the molecule is CN1CCN(C2c3ccccc3-n3cccc32)CC1. The normalized spacial score (nSPS) is 23.3. The van der Waals surface area contributed by atoms with Crippen molar-refractivity contribution in [3.8, 4) is 5.69 Å². The molecule has 3 heterocycles. The highest BCUT2D eigenvalue weighted by Crippen LogP contribution is 2.40. The molecule has 0 aliphatic carbocycles. The summed E-state index contributed by atoms with van der Waals surface area (Å²) in [6.45, 7) is 4.64. The average molecular weight is 253 g/mol. The number of piperazine rings is 1. The number of para-hydroxylation sites is 1. The van der Waals surface area contributed by atoms with Crippen LogP contribution in [0.4, 0.5) is 0 Å². The molecule has 0 amide bonds. The summed E-state index contributed by atoms with van der Waals surface area (Å²) in [6, 6.07) is 13.7. The molecule has 1 aromatic carbocycles. The van der Waals surface area contributed by atoms with Crippen LogP contribution in [0.3, 0.4) is 0 Å². The number of likely N-dealkylation sites (N-methyl/N-ethyl adjacent to an activating group) is 1. The lowest BCUT2D eigenvalue weighted by Gasteiger charge is -2.36. The van der Waals surface area contributed by atoms with Gasteiger partial charge in [-0.2, -0.15) is 0 Å². The first-order chi connectivity index (χ1) is 9.34. The van der Waals surface area contributed by atoms with Gasteiger partial charge in [0.2, 0.25) is 0 Å². The number of fused-ring (bicyclic) bond motifs is 3. The van der Waals surface area contributed by atoms with Gasteiger partial charge in [0.05, 0.1) is 11.7 Å². The van der Waals surface area contributed by atoms with Crippen LogP contribution in [0.2, 0.25) is 0 Å². The van der Waals surface area contributed by atoms with E-state index in [1.807, 2.05) is 0 Å². The molecule has 1 aromatic heterocycles. The highest BCUT2D eigenvalue weighted by atomic mass is 15.3. The molecule has 0 spiro atoms. The molecule has 1 saturated heterocycles. The Hall–Kier alpha value is -1.58. The van der Waals surface area contributed by atoms with E-state index in [4.69, 9.17) is 0 Å². The Kier molecular flexibility index (Phi) is 2.50. The van der Waals surface area contributed by atoms with Crippen LogP contribution in [0.15, 0.2) is 42.6 Å². The van der Waals surface area contributed by atoms with E-state index >= 15 is 0 Å². The van der Waals surface area contributed by atoms with Crippen LogP contribution >= 0.6 is 0 Å². The third-order valence-electron chi connectivity index (χ3n) is 4.45. The molecule has 3 nitrogen and oxygen atoms in total. The van der Waals surface area contributed by atoms with E-state index in [9.17, 15) is 0 Å². The van der Waals surface area contributed by atoms with Crippen molar-refractivity contribution in [2.75, 3.05) is 33.2 Å². The lowest BCUT2D eigenvalue weighted by atomic mass is 10.0. The average Bonchev–Trinajstić information content (AvgIpc) is 3.00. The second-order valence-electron chi connectivity index (χ2n) is 5.60. The van der Waals surface area contributed by atoms with E-state index in [0.717, 1.165) is 13.1 Å². The van der Waals surface area contributed by atoms with Crippen molar-refractivity contribution in [2.24, 2.45) is 0 Å². The molecule has 0 saturated carbocycles. The maximum Gasteiger partial charge on any atom is 0.0781 e. The number of rotatable bonds is 1. The zero-order valence-electron chi connectivity index (χ0n) is 11.3. The quantitative estimate of drug-likeness (QED) is 0.771. The van der Waals surface area contributed by atoms with Gasteiger partial charge in [-0.1, -0.05) is 18.2 Å². The van der Waals surface area contributed by atoms with Crippen LogP contribution in [0.1, 0.15) is 17.3 Å². The minimum absolute atomic E-state index is 0.444. The molecule has 4 rings (SSSR count). The fourth-order valence-electron chi connectivity index (χ4n) is 3.40. The summed E-state index contributed by atoms with van der Waals surface area (Å²) in [7, 11) is 2.21. The molecule has 0 bridgehead atoms. The monoisotopic (exact) mass is 253 g/mol. The molecule has 0 radical (unpaired) electrons. The smallest absolute Gasteiger partial charge is 0.0781 e. The fraction of sp³-hybridized carbons (Fsp3) is 0.375. The number of hydrogen-bond donors (Lipinski definition) is 0. The number of benzene rings is 1. The molecule has 1 unspecified atom stereocenters. The topological polar surface area (TPSA) is 11.4 Å². The lowest BCUT2D eigenvalue weighted by molar-refractivity contribution is 0.128. The lowest BCUT2D eigenvalue weighted by Crippen LogP contribution is -2.45. The molecule has 2 aliphatic heterocycles. The third kappa shape index (κ3) is 1.66. The fourth-order valence-corrected chi connectivity index (χ4v) is 3.40. The van der Waals surface area contributed by atoms with Crippen LogP contribution in [-0.4, -0.2) is 47.6 Å². The van der Waals surface area contributed by atoms with Gasteiger partial charge in [-0.3, -0.25) is 4.90 Å². The summed E-state index contributed by atoms with van der Waals surface area (Å²) in [5, 5.41) is 0. The number of nitrogens with zero attached hydrogens (tertiary/aromatic N) is 3. The second-order valence-corrected chi connectivity index (χ2v) is 5.60. The van der Waals surface area contributed by atoms with Gasteiger partial charge in [-0.15, -0.1) is 0 Å². The molecule has 1 atom stereocenters. The summed E-state index contributed by atoms with van der Waals surface area (Å²) < 4.78 is 2.35. The molecular weight excluding hydrogens is 234 g/mol. The largest absolute Gasteiger partial charge is 0.319 e. The molecule has 2 aromatic rings. The van der Waals surface area contributed by atoms with E-state index in [0.29, 0.717) is 6.04 Å². The Balaban J connectivity index is 1.76. The van der Waals surface area contributed by atoms with Crippen LogP contribution in [0, 0.1) is 0 Å². The Morgan fingerprint density at radius 3 is 2.58 bits per heavy atom. The third-order valence-corrected chi connectivity index (χ3v) is 4.45. The van der Waals surface area contributed by atoms with Gasteiger partial charge in [0.15, 0.2) is 0 Å². The zero-order chi connectivity index (χ0) is 12.8. The van der Waals surface area contributed by atoms with Crippen LogP contribution in [-0.2, 0) is 0 Å². The van der Waals surface area contributed by atoms with Gasteiger partial charge in [-0.05, 0) is 30.8 Å². The van der Waals surface area contributed by atoms with E-state index < -0.39 is 0 Å². The summed E-state index contributed by atoms with van der Waals surface area (Å²) in [5.41, 5.74) is 4.24. The second kappa shape index (κ2) is 4.22. The van der Waals surface area contributed by atoms with Crippen molar-refractivity contribution in [1.82, 2.24) is 14.4 Å². The van der Waals surface area contributed by atoms with Gasteiger partial charge in [0.25, 0.3) is 0 Å². The minimum atomic E-state index is 0.444. The summed E-state index contributed by atoms with van der Waals surface area (Å²) in [6.07, 6.45) is 2.18. The Morgan fingerprint density at radius 1 is 0.947 bits per heavy atom. The predicted molar refractivity (Wildman–Crippen MR) is 76.7 cm³/mol. The predicted octanol–water partition coefficient (Wildman–Crippen LogP) is 2.13. The van der Waals surface area contributed by atoms with Crippen molar-refractivity contribution < 1.29 is 0 Å². The molecule has 19 heavy (non-hydrogen) atoms. The molecule has 0 N–H and O–H groups in total. The summed E-state index contributed by atoms with van der Waals surface area (Å²) in [4.78, 5) is 5.04. The van der Waals surface area contributed by atoms with Crippen molar-refractivity contribution in [3.63, 3.8) is 0 Å². The first-order valence-electron chi connectivity index (χ1n) is 7.04. The first kappa shape index (κ1) is 11.3. The van der Waals surface area contributed by atoms with Gasteiger partial charge in [0, 0.05) is 38.1 Å². The van der Waals surface area contributed by atoms with Crippen LogP contribution < -0.4 is 0 Å². The van der Waals surface area contributed by atoms with E-state index in [1.165, 1.54) is 30.0 Å². The maximum atomic E-state index is 2.62. The molecule has 2 aliphatic rings. The molecular formula is C16H19N3. The van der Waals surface area contributed by atoms with Gasteiger partial charge < -0.3 is 9.47 Å². The van der Waals surface area contributed by atoms with E-state index in [-0.39, 0.29) is 0 Å². The van der Waals surface area contributed by atoms with E-state index in [2.05, 4.69) is 64.0 Å². The zero-order valence-corrected chi connectivity index (χ0v) is 11.3. The molecule has 1 fully saturated rings. The Bertz CT molecular complexity index is 594.